The maximum absolute atomic E-state index is 11.7. The minimum atomic E-state index is -1.05. The number of hydrogen-bond donors (Lipinski definition) is 0. The summed E-state index contributed by atoms with van der Waals surface area (Å²) in [5, 5.41) is 0. The number of benzene rings is 1. The summed E-state index contributed by atoms with van der Waals surface area (Å²) in [6.07, 6.45) is 1.67. The van der Waals surface area contributed by atoms with Crippen LogP contribution in [0.15, 0.2) is 29.2 Å². The van der Waals surface area contributed by atoms with Gasteiger partial charge in [-0.05, 0) is 39.2 Å². The third-order valence-electron chi connectivity index (χ3n) is 3.74. The Labute approximate surface area is 111 Å². The van der Waals surface area contributed by atoms with Crippen LogP contribution in [0.5, 0.6) is 0 Å². The molecule has 5 heteroatoms. The van der Waals surface area contributed by atoms with Crippen LogP contribution in [0.4, 0.5) is 0 Å². The third-order valence-corrected chi connectivity index (χ3v) is 4.73. The minimum absolute atomic E-state index is 0.375. The van der Waals surface area contributed by atoms with Crippen LogP contribution in [0.1, 0.15) is 27.7 Å². The maximum Gasteiger partial charge on any atom is 0.496 e. The Morgan fingerprint density at radius 1 is 1.06 bits per heavy atom. The lowest BCUT2D eigenvalue weighted by Gasteiger charge is -2.32. The molecule has 1 aromatic carbocycles. The molecule has 0 amide bonds. The van der Waals surface area contributed by atoms with Gasteiger partial charge in [-0.3, -0.25) is 4.21 Å². The molecule has 0 aliphatic carbocycles. The summed E-state index contributed by atoms with van der Waals surface area (Å²) in [7, 11) is -1.50. The number of rotatable bonds is 2. The lowest BCUT2D eigenvalue weighted by atomic mass is 9.79. The van der Waals surface area contributed by atoms with Gasteiger partial charge in [0.25, 0.3) is 0 Å². The zero-order valence-corrected chi connectivity index (χ0v) is 12.3. The van der Waals surface area contributed by atoms with Crippen molar-refractivity contribution in [2.75, 3.05) is 6.26 Å². The van der Waals surface area contributed by atoms with Crippen LogP contribution in [-0.4, -0.2) is 28.8 Å². The Balaban J connectivity index is 2.38. The second-order valence-electron chi connectivity index (χ2n) is 5.58. The van der Waals surface area contributed by atoms with Crippen molar-refractivity contribution in [2.45, 2.75) is 43.8 Å². The fraction of sp³-hybridized carbons (Fsp3) is 0.538. The van der Waals surface area contributed by atoms with Gasteiger partial charge in [-0.2, -0.15) is 0 Å². The first kappa shape index (κ1) is 13.8. The van der Waals surface area contributed by atoms with E-state index in [-0.39, 0.29) is 11.2 Å². The summed E-state index contributed by atoms with van der Waals surface area (Å²) in [4.78, 5) is 0.774. The van der Waals surface area contributed by atoms with E-state index in [2.05, 4.69) is 0 Å². The molecule has 1 aromatic rings. The van der Waals surface area contributed by atoms with Crippen LogP contribution in [0, 0.1) is 0 Å². The van der Waals surface area contributed by atoms with E-state index in [0.717, 1.165) is 10.4 Å². The van der Waals surface area contributed by atoms with Crippen molar-refractivity contribution in [3.05, 3.63) is 24.3 Å². The van der Waals surface area contributed by atoms with Gasteiger partial charge in [0.1, 0.15) is 0 Å². The highest BCUT2D eigenvalue weighted by atomic mass is 32.2. The van der Waals surface area contributed by atoms with Gasteiger partial charge in [0.2, 0.25) is 0 Å². The van der Waals surface area contributed by atoms with Crippen molar-refractivity contribution in [3.8, 4) is 0 Å². The van der Waals surface area contributed by atoms with E-state index in [4.69, 9.17) is 9.31 Å². The summed E-state index contributed by atoms with van der Waals surface area (Å²) in [6.45, 7) is 8.05. The Morgan fingerprint density at radius 3 is 2.06 bits per heavy atom. The molecule has 0 saturated carbocycles. The average molecular weight is 266 g/mol. The van der Waals surface area contributed by atoms with Gasteiger partial charge >= 0.3 is 7.12 Å². The summed E-state index contributed by atoms with van der Waals surface area (Å²) in [5.41, 5.74) is 0.108. The lowest BCUT2D eigenvalue weighted by molar-refractivity contribution is 0.00578. The first-order chi connectivity index (χ1) is 8.24. The molecule has 0 N–H and O–H groups in total. The predicted molar refractivity (Wildman–Crippen MR) is 74.5 cm³/mol. The van der Waals surface area contributed by atoms with Crippen molar-refractivity contribution < 1.29 is 13.5 Å². The van der Waals surface area contributed by atoms with Crippen LogP contribution >= 0.6 is 0 Å². The Hall–Kier alpha value is -0.645. The zero-order chi connectivity index (χ0) is 13.6. The Morgan fingerprint density at radius 2 is 1.56 bits per heavy atom. The molecule has 1 fully saturated rings. The molecule has 98 valence electrons. The molecular weight excluding hydrogens is 247 g/mol. The highest BCUT2D eigenvalue weighted by Gasteiger charge is 2.52. The molecule has 18 heavy (non-hydrogen) atoms. The zero-order valence-electron chi connectivity index (χ0n) is 11.5. The standard InChI is InChI=1S/C13H19BO3S/c1-12(2)13(3,4)17-14(16-12)10-8-6-7-9-11(10)18(5)15/h6-9H,1-5H3. The molecule has 3 nitrogen and oxygen atoms in total. The van der Waals surface area contributed by atoms with Crippen molar-refractivity contribution in [3.63, 3.8) is 0 Å². The van der Waals surface area contributed by atoms with Gasteiger partial charge < -0.3 is 9.31 Å². The monoisotopic (exact) mass is 266 g/mol. The largest absolute Gasteiger partial charge is 0.496 e. The van der Waals surface area contributed by atoms with E-state index >= 15 is 0 Å². The quantitative estimate of drug-likeness (QED) is 0.765. The van der Waals surface area contributed by atoms with Crippen molar-refractivity contribution in [2.24, 2.45) is 0 Å². The molecular formula is C13H19BO3S. The van der Waals surface area contributed by atoms with E-state index in [9.17, 15) is 4.21 Å². The molecule has 1 aliphatic heterocycles. The number of hydrogen-bond acceptors (Lipinski definition) is 3. The molecule has 0 spiro atoms. The summed E-state index contributed by atoms with van der Waals surface area (Å²) in [6, 6.07) is 7.57. The lowest BCUT2D eigenvalue weighted by Crippen LogP contribution is -2.41. The van der Waals surface area contributed by atoms with Crippen LogP contribution in [-0.2, 0) is 20.1 Å². The molecule has 1 atom stereocenters. The second kappa shape index (κ2) is 4.47. The first-order valence-corrected chi connectivity index (χ1v) is 7.58. The normalized spacial score (nSPS) is 23.1. The summed E-state index contributed by atoms with van der Waals surface area (Å²) >= 11 is 0. The fourth-order valence-corrected chi connectivity index (χ4v) is 2.67. The Kier molecular flexibility index (Phi) is 3.43. The molecule has 1 aliphatic rings. The highest BCUT2D eigenvalue weighted by molar-refractivity contribution is 7.84. The SMILES string of the molecule is CS(=O)c1ccccc1B1OC(C)(C)C(C)(C)O1. The van der Waals surface area contributed by atoms with Crippen molar-refractivity contribution >= 4 is 23.4 Å². The molecule has 1 saturated heterocycles. The van der Waals surface area contributed by atoms with Crippen LogP contribution in [0.3, 0.4) is 0 Å². The van der Waals surface area contributed by atoms with Crippen LogP contribution in [0.2, 0.25) is 0 Å². The maximum atomic E-state index is 11.7. The van der Waals surface area contributed by atoms with Gasteiger partial charge in [-0.25, -0.2) is 0 Å². The van der Waals surface area contributed by atoms with Gasteiger partial charge in [-0.1, -0.05) is 18.2 Å². The minimum Gasteiger partial charge on any atom is -0.399 e. The van der Waals surface area contributed by atoms with Gasteiger partial charge in [0, 0.05) is 22.0 Å². The van der Waals surface area contributed by atoms with Crippen LogP contribution in [0.25, 0.3) is 0 Å². The van der Waals surface area contributed by atoms with E-state index in [1.54, 1.807) is 6.26 Å². The first-order valence-electron chi connectivity index (χ1n) is 6.02. The van der Waals surface area contributed by atoms with Gasteiger partial charge in [0.05, 0.1) is 11.2 Å². The Bertz CT molecular complexity index is 469. The van der Waals surface area contributed by atoms with E-state index in [0.29, 0.717) is 0 Å². The van der Waals surface area contributed by atoms with Crippen LogP contribution < -0.4 is 5.46 Å². The van der Waals surface area contributed by atoms with E-state index < -0.39 is 17.9 Å². The smallest absolute Gasteiger partial charge is 0.399 e. The molecule has 0 aromatic heterocycles. The van der Waals surface area contributed by atoms with Crippen molar-refractivity contribution in [1.29, 1.82) is 0 Å². The molecule has 0 radical (unpaired) electrons. The molecule has 0 bridgehead atoms. The van der Waals surface area contributed by atoms with E-state index in [1.807, 2.05) is 52.0 Å². The molecule has 1 unspecified atom stereocenters. The predicted octanol–water partition coefficient (Wildman–Crippen LogP) is 1.72. The van der Waals surface area contributed by atoms with E-state index in [1.165, 1.54) is 0 Å². The molecule has 1 heterocycles. The highest BCUT2D eigenvalue weighted by Crippen LogP contribution is 2.36. The summed E-state index contributed by atoms with van der Waals surface area (Å²) < 4.78 is 23.7. The topological polar surface area (TPSA) is 35.5 Å². The fourth-order valence-electron chi connectivity index (χ4n) is 1.91. The van der Waals surface area contributed by atoms with Gasteiger partial charge in [-0.15, -0.1) is 0 Å². The van der Waals surface area contributed by atoms with Crippen molar-refractivity contribution in [1.82, 2.24) is 0 Å². The van der Waals surface area contributed by atoms with Gasteiger partial charge in [0.15, 0.2) is 0 Å². The summed E-state index contributed by atoms with van der Waals surface area (Å²) in [5.74, 6) is 0. The average Bonchev–Trinajstić information content (AvgIpc) is 2.48. The third kappa shape index (κ3) is 2.27. The second-order valence-corrected chi connectivity index (χ2v) is 6.93. The molecule has 2 rings (SSSR count).